The summed E-state index contributed by atoms with van der Waals surface area (Å²) in [6, 6.07) is 20.4. The first-order chi connectivity index (χ1) is 17.9. The van der Waals surface area contributed by atoms with Gasteiger partial charge in [0.05, 0.1) is 12.0 Å². The predicted octanol–water partition coefficient (Wildman–Crippen LogP) is 4.68. The summed E-state index contributed by atoms with van der Waals surface area (Å²) in [6.07, 6.45) is 0.899. The van der Waals surface area contributed by atoms with Gasteiger partial charge in [0.2, 0.25) is 5.91 Å². The van der Waals surface area contributed by atoms with Crippen molar-refractivity contribution in [2.75, 3.05) is 44.7 Å². The molecule has 1 N–H and O–H groups in total. The Hall–Kier alpha value is -3.16. The van der Waals surface area contributed by atoms with E-state index in [1.807, 2.05) is 41.8 Å². The van der Waals surface area contributed by atoms with Gasteiger partial charge in [-0.15, -0.1) is 11.3 Å². The molecule has 6 nitrogen and oxygen atoms in total. The molecule has 0 saturated carbocycles. The molecule has 2 aliphatic rings. The first-order valence-corrected chi connectivity index (χ1v) is 14.0. The van der Waals surface area contributed by atoms with E-state index in [0.29, 0.717) is 18.2 Å². The van der Waals surface area contributed by atoms with Crippen LogP contribution >= 0.6 is 11.3 Å². The van der Waals surface area contributed by atoms with E-state index < -0.39 is 5.92 Å². The molecule has 0 aliphatic carbocycles. The van der Waals surface area contributed by atoms with Gasteiger partial charge < -0.3 is 15.1 Å². The van der Waals surface area contributed by atoms with Gasteiger partial charge in [-0.25, -0.2) is 0 Å². The quantitative estimate of drug-likeness (QED) is 0.463. The van der Waals surface area contributed by atoms with Crippen molar-refractivity contribution in [3.8, 4) is 0 Å². The first-order valence-electron chi connectivity index (χ1n) is 13.2. The Morgan fingerprint density at radius 1 is 1.08 bits per heavy atom. The summed E-state index contributed by atoms with van der Waals surface area (Å²) in [7, 11) is 1.81. The third-order valence-electron chi connectivity index (χ3n) is 7.69. The molecule has 37 heavy (non-hydrogen) atoms. The molecule has 194 valence electrons. The van der Waals surface area contributed by atoms with Crippen LogP contribution in [0.1, 0.15) is 51.7 Å². The van der Waals surface area contributed by atoms with Crippen LogP contribution in [-0.2, 0) is 4.79 Å². The third-order valence-corrected chi connectivity index (χ3v) is 8.63. The van der Waals surface area contributed by atoms with Crippen molar-refractivity contribution in [2.24, 2.45) is 0 Å². The first kappa shape index (κ1) is 25.5. The number of rotatable bonds is 7. The van der Waals surface area contributed by atoms with E-state index in [4.69, 9.17) is 0 Å². The van der Waals surface area contributed by atoms with Gasteiger partial charge in [0, 0.05) is 55.4 Å². The Bertz CT molecular complexity index is 1240. The van der Waals surface area contributed by atoms with Crippen LogP contribution in [0.3, 0.4) is 0 Å². The number of nitrogens with zero attached hydrogens (tertiary/aromatic N) is 3. The lowest BCUT2D eigenvalue weighted by Gasteiger charge is -2.41. The maximum absolute atomic E-state index is 13.6. The van der Waals surface area contributed by atoms with Crippen molar-refractivity contribution in [1.29, 1.82) is 0 Å². The maximum Gasteiger partial charge on any atom is 0.254 e. The second-order valence-electron chi connectivity index (χ2n) is 10.3. The average Bonchev–Trinajstić information content (AvgIpc) is 3.43. The van der Waals surface area contributed by atoms with Crippen LogP contribution in [0.2, 0.25) is 0 Å². The predicted molar refractivity (Wildman–Crippen MR) is 150 cm³/mol. The fourth-order valence-electron chi connectivity index (χ4n) is 5.82. The van der Waals surface area contributed by atoms with Gasteiger partial charge in [-0.2, -0.15) is 0 Å². The molecule has 0 radical (unpaired) electrons. The van der Waals surface area contributed by atoms with Crippen LogP contribution in [0.5, 0.6) is 0 Å². The normalized spacial score (nSPS) is 22.1. The molecule has 3 atom stereocenters. The van der Waals surface area contributed by atoms with Gasteiger partial charge >= 0.3 is 0 Å². The summed E-state index contributed by atoms with van der Waals surface area (Å²) in [5, 5.41) is 5.21. The van der Waals surface area contributed by atoms with Crippen molar-refractivity contribution in [1.82, 2.24) is 15.1 Å². The van der Waals surface area contributed by atoms with Gasteiger partial charge in [-0.05, 0) is 67.6 Å². The maximum atomic E-state index is 13.6. The Labute approximate surface area is 223 Å². The summed E-state index contributed by atoms with van der Waals surface area (Å²) in [5.41, 5.74) is 4.04. The number of benzene rings is 2. The molecule has 0 spiro atoms. The molecule has 1 saturated heterocycles. The highest BCUT2D eigenvalue weighted by molar-refractivity contribution is 7.10. The molecule has 1 aromatic heterocycles. The van der Waals surface area contributed by atoms with Gasteiger partial charge in [0.25, 0.3) is 5.91 Å². The van der Waals surface area contributed by atoms with Crippen molar-refractivity contribution < 1.29 is 9.59 Å². The highest BCUT2D eigenvalue weighted by atomic mass is 32.1. The number of nitrogens with one attached hydrogen (secondary N) is 1. The zero-order valence-electron chi connectivity index (χ0n) is 21.9. The average molecular weight is 517 g/mol. The lowest BCUT2D eigenvalue weighted by Crippen LogP contribution is -2.52. The van der Waals surface area contributed by atoms with Crippen LogP contribution < -0.4 is 10.2 Å². The Morgan fingerprint density at radius 2 is 1.92 bits per heavy atom. The van der Waals surface area contributed by atoms with Crippen LogP contribution in [0.25, 0.3) is 0 Å². The molecule has 2 aliphatic heterocycles. The highest BCUT2D eigenvalue weighted by Crippen LogP contribution is 2.43. The number of aryl methyl sites for hydroxylation is 1. The zero-order chi connectivity index (χ0) is 25.9. The van der Waals surface area contributed by atoms with Crippen LogP contribution in [0.4, 0.5) is 5.69 Å². The van der Waals surface area contributed by atoms with E-state index in [-0.39, 0.29) is 17.9 Å². The van der Waals surface area contributed by atoms with Crippen LogP contribution in [-0.4, -0.2) is 67.4 Å². The van der Waals surface area contributed by atoms with Gasteiger partial charge in [0.1, 0.15) is 0 Å². The SMILES string of the molecule is Cc1cccc(N2CCN(CCCNC(=O)[C@@H]3c4ccccc4C(=O)N(C)[C@@H]3c3cccs3)C[C@@H]2C)c1. The van der Waals surface area contributed by atoms with Crippen LogP contribution in [0.15, 0.2) is 66.0 Å². The minimum absolute atomic E-state index is 0.0113. The minimum Gasteiger partial charge on any atom is -0.366 e. The van der Waals surface area contributed by atoms with E-state index in [1.54, 1.807) is 23.3 Å². The van der Waals surface area contributed by atoms with Gasteiger partial charge in [0.15, 0.2) is 0 Å². The van der Waals surface area contributed by atoms with Gasteiger partial charge in [-0.3, -0.25) is 14.5 Å². The topological polar surface area (TPSA) is 55.9 Å². The number of anilines is 1. The lowest BCUT2D eigenvalue weighted by molar-refractivity contribution is -0.124. The molecule has 3 aromatic rings. The van der Waals surface area contributed by atoms with Crippen molar-refractivity contribution in [3.63, 3.8) is 0 Å². The molecular weight excluding hydrogens is 480 g/mol. The molecule has 3 heterocycles. The highest BCUT2D eigenvalue weighted by Gasteiger charge is 2.42. The van der Waals surface area contributed by atoms with E-state index in [1.165, 1.54) is 11.3 Å². The van der Waals surface area contributed by atoms with E-state index in [9.17, 15) is 9.59 Å². The summed E-state index contributed by atoms with van der Waals surface area (Å²) < 4.78 is 0. The Kier molecular flexibility index (Phi) is 7.63. The second kappa shape index (κ2) is 11.1. The third kappa shape index (κ3) is 5.29. The Balaban J connectivity index is 1.19. The molecule has 2 aromatic carbocycles. The number of piperazine rings is 1. The van der Waals surface area contributed by atoms with E-state index in [2.05, 4.69) is 53.2 Å². The molecule has 0 bridgehead atoms. The van der Waals surface area contributed by atoms with E-state index in [0.717, 1.165) is 43.0 Å². The number of hydrogen-bond donors (Lipinski definition) is 1. The molecule has 0 unspecified atom stereocenters. The summed E-state index contributed by atoms with van der Waals surface area (Å²) >= 11 is 1.59. The van der Waals surface area contributed by atoms with Crippen molar-refractivity contribution in [2.45, 2.75) is 38.3 Å². The molecular formula is C30H36N4O2S. The van der Waals surface area contributed by atoms with E-state index >= 15 is 0 Å². The number of hydrogen-bond acceptors (Lipinski definition) is 5. The molecule has 2 amide bonds. The molecule has 7 heteroatoms. The lowest BCUT2D eigenvalue weighted by atomic mass is 9.81. The molecule has 1 fully saturated rings. The zero-order valence-corrected chi connectivity index (χ0v) is 22.7. The smallest absolute Gasteiger partial charge is 0.254 e. The summed E-state index contributed by atoms with van der Waals surface area (Å²) in [6.45, 7) is 9.07. The largest absolute Gasteiger partial charge is 0.366 e. The fraction of sp³-hybridized carbons (Fsp3) is 0.400. The monoisotopic (exact) mass is 516 g/mol. The summed E-state index contributed by atoms with van der Waals surface area (Å²) in [5.74, 6) is -0.463. The number of likely N-dealkylation sites (N-methyl/N-ethyl adjacent to an activating group) is 1. The van der Waals surface area contributed by atoms with Crippen molar-refractivity contribution in [3.05, 3.63) is 87.6 Å². The van der Waals surface area contributed by atoms with Crippen molar-refractivity contribution >= 4 is 28.8 Å². The fourth-order valence-corrected chi connectivity index (χ4v) is 6.73. The summed E-state index contributed by atoms with van der Waals surface area (Å²) in [4.78, 5) is 34.4. The number of carbonyl (C=O) groups excluding carboxylic acids is 2. The number of amides is 2. The molecule has 5 rings (SSSR count). The second-order valence-corrected chi connectivity index (χ2v) is 11.2. The Morgan fingerprint density at radius 3 is 2.68 bits per heavy atom. The van der Waals surface area contributed by atoms with Crippen LogP contribution in [0, 0.1) is 6.92 Å². The van der Waals surface area contributed by atoms with Gasteiger partial charge in [-0.1, -0.05) is 36.4 Å². The number of thiophene rings is 1. The number of fused-ring (bicyclic) bond motifs is 1. The number of carbonyl (C=O) groups is 2. The standard InChI is InChI=1S/C30H36N4O2S/c1-21-9-6-10-23(19-21)34-17-16-33(20-22(34)2)15-8-14-31-29(35)27-24-11-4-5-12-25(24)30(36)32(3)28(27)26-13-7-18-37-26/h4-7,9-13,18-19,22,27-28H,8,14-17,20H2,1-3H3,(H,31,35)/t22-,27+,28+/m0/s1. The minimum atomic E-state index is -0.421.